The van der Waals surface area contributed by atoms with Crippen molar-refractivity contribution in [3.05, 3.63) is 78.1 Å². The number of aromatic nitrogens is 4. The van der Waals surface area contributed by atoms with Crippen LogP contribution in [0.25, 0.3) is 11.2 Å². The third-order valence-electron chi connectivity index (χ3n) is 6.90. The molecule has 39 heavy (non-hydrogen) atoms. The number of ether oxygens (including phenoxy) is 4. The van der Waals surface area contributed by atoms with E-state index in [0.29, 0.717) is 36.7 Å². The molecule has 204 valence electrons. The van der Waals surface area contributed by atoms with Crippen molar-refractivity contribution >= 4 is 29.6 Å². The Balaban J connectivity index is 1.22. The van der Waals surface area contributed by atoms with Crippen molar-refractivity contribution in [2.24, 2.45) is 0 Å². The summed E-state index contributed by atoms with van der Waals surface area (Å²) in [6.45, 7) is 5.04. The molecule has 0 unspecified atom stereocenters. The van der Waals surface area contributed by atoms with E-state index in [-0.39, 0.29) is 24.1 Å². The van der Waals surface area contributed by atoms with Gasteiger partial charge in [-0.05, 0) is 49.2 Å². The highest BCUT2D eigenvalue weighted by molar-refractivity contribution is 7.80. The smallest absolute Gasteiger partial charge is 0.167 e. The zero-order chi connectivity index (χ0) is 27.1. The van der Waals surface area contributed by atoms with Crippen molar-refractivity contribution in [2.45, 2.75) is 62.2 Å². The van der Waals surface area contributed by atoms with Crippen molar-refractivity contribution in [1.29, 1.82) is 0 Å². The first-order valence-electron chi connectivity index (χ1n) is 12.8. The summed E-state index contributed by atoms with van der Waals surface area (Å²) >= 11 is 4.34. The van der Waals surface area contributed by atoms with Gasteiger partial charge in [0.2, 0.25) is 0 Å². The number of benzene rings is 2. The van der Waals surface area contributed by atoms with Crippen LogP contribution in [0.3, 0.4) is 0 Å². The van der Waals surface area contributed by atoms with Crippen molar-refractivity contribution in [1.82, 2.24) is 19.5 Å². The summed E-state index contributed by atoms with van der Waals surface area (Å²) in [6, 6.07) is 14.4. The zero-order valence-electron chi connectivity index (χ0n) is 21.9. The molecule has 2 aromatic heterocycles. The average molecular weight is 552 g/mol. The Morgan fingerprint density at radius 1 is 1.05 bits per heavy atom. The Bertz CT molecular complexity index is 1470. The van der Waals surface area contributed by atoms with E-state index in [1.165, 1.54) is 18.5 Å². The topological polar surface area (TPSA) is 83.8 Å². The second kappa shape index (κ2) is 10.5. The number of rotatable bonds is 8. The normalized spacial score (nSPS) is 23.8. The van der Waals surface area contributed by atoms with E-state index in [9.17, 15) is 4.39 Å². The summed E-state index contributed by atoms with van der Waals surface area (Å²) in [5.74, 6) is -0.407. The second-order valence-electron chi connectivity index (χ2n) is 10.3. The summed E-state index contributed by atoms with van der Waals surface area (Å²) in [6.07, 6.45) is 1.63. The summed E-state index contributed by atoms with van der Waals surface area (Å²) < 4.78 is 40.6. The number of hydrogen-bond acceptors (Lipinski definition) is 9. The van der Waals surface area contributed by atoms with Crippen LogP contribution in [0, 0.1) is 5.82 Å². The first kappa shape index (κ1) is 26.1. The molecule has 11 heteroatoms. The molecule has 0 radical (unpaired) electrons. The van der Waals surface area contributed by atoms with Crippen molar-refractivity contribution in [3.8, 4) is 0 Å². The van der Waals surface area contributed by atoms with Gasteiger partial charge in [-0.25, -0.2) is 19.3 Å². The molecule has 0 bridgehead atoms. The van der Waals surface area contributed by atoms with E-state index in [2.05, 4.69) is 27.6 Å². The lowest BCUT2D eigenvalue weighted by molar-refractivity contribution is -0.202. The number of fused-ring (bicyclic) bond motifs is 2. The molecule has 4 atom stereocenters. The molecule has 2 aliphatic heterocycles. The maximum atomic E-state index is 13.7. The highest BCUT2D eigenvalue weighted by Crippen LogP contribution is 2.44. The van der Waals surface area contributed by atoms with E-state index in [4.69, 9.17) is 18.9 Å². The lowest BCUT2D eigenvalue weighted by atomic mass is 10.1. The summed E-state index contributed by atoms with van der Waals surface area (Å²) in [5, 5.41) is 0. The molecule has 0 spiro atoms. The standard InChI is InChI=1S/C28H30FN5O4S/c1-28(2)37-23-21(14-35-13-17-7-9-20(39)10-8-17)36-27(24(23)38-28)34-16-32-22-25(30-15-31-26(22)34)33(3)12-18-5-4-6-19(29)11-18/h4-11,15-16,21,23-24,27,39H,12-14H2,1-3H3/t21-,23-,24-,27-/m1/s1. The van der Waals surface area contributed by atoms with Crippen molar-refractivity contribution in [2.75, 3.05) is 18.6 Å². The van der Waals surface area contributed by atoms with Gasteiger partial charge in [0, 0.05) is 18.5 Å². The van der Waals surface area contributed by atoms with Gasteiger partial charge in [0.1, 0.15) is 30.5 Å². The quantitative estimate of drug-likeness (QED) is 0.320. The molecule has 9 nitrogen and oxygen atoms in total. The number of imidazole rings is 1. The average Bonchev–Trinajstić information content (AvgIpc) is 3.56. The van der Waals surface area contributed by atoms with Gasteiger partial charge in [-0.15, -0.1) is 12.6 Å². The van der Waals surface area contributed by atoms with Crippen LogP contribution in [-0.4, -0.2) is 57.3 Å². The zero-order valence-corrected chi connectivity index (χ0v) is 22.8. The molecule has 2 aromatic carbocycles. The van der Waals surface area contributed by atoms with Gasteiger partial charge in [-0.3, -0.25) is 4.57 Å². The number of hydrogen-bond donors (Lipinski definition) is 1. The van der Waals surface area contributed by atoms with Gasteiger partial charge in [-0.1, -0.05) is 24.3 Å². The van der Waals surface area contributed by atoms with Crippen LogP contribution >= 0.6 is 12.6 Å². The summed E-state index contributed by atoms with van der Waals surface area (Å²) in [4.78, 5) is 16.5. The molecule has 0 amide bonds. The maximum Gasteiger partial charge on any atom is 0.167 e. The van der Waals surface area contributed by atoms with Gasteiger partial charge in [-0.2, -0.15) is 0 Å². The predicted octanol–water partition coefficient (Wildman–Crippen LogP) is 4.52. The molecule has 0 saturated carbocycles. The van der Waals surface area contributed by atoms with Crippen molar-refractivity contribution < 1.29 is 23.3 Å². The van der Waals surface area contributed by atoms with Gasteiger partial charge < -0.3 is 23.8 Å². The number of thiol groups is 1. The van der Waals surface area contributed by atoms with E-state index < -0.39 is 12.0 Å². The number of halogens is 1. The predicted molar refractivity (Wildman–Crippen MR) is 145 cm³/mol. The molecule has 2 saturated heterocycles. The van der Waals surface area contributed by atoms with Gasteiger partial charge in [0.15, 0.2) is 29.0 Å². The van der Waals surface area contributed by atoms with Crippen molar-refractivity contribution in [3.63, 3.8) is 0 Å². The van der Waals surface area contributed by atoms with Crippen LogP contribution in [0.4, 0.5) is 10.2 Å². The Kier molecular flexibility index (Phi) is 7.02. The molecule has 2 fully saturated rings. The Hall–Kier alpha value is -3.09. The van der Waals surface area contributed by atoms with Gasteiger partial charge in [0.05, 0.1) is 19.5 Å². The van der Waals surface area contributed by atoms with E-state index in [1.807, 2.05) is 60.7 Å². The third-order valence-corrected chi connectivity index (χ3v) is 7.19. The monoisotopic (exact) mass is 551 g/mol. The molecule has 4 heterocycles. The minimum absolute atomic E-state index is 0.276. The van der Waals surface area contributed by atoms with Crippen LogP contribution in [0.2, 0.25) is 0 Å². The molecule has 6 rings (SSSR count). The largest absolute Gasteiger partial charge is 0.374 e. The van der Waals surface area contributed by atoms with Crippen LogP contribution in [-0.2, 0) is 32.1 Å². The van der Waals surface area contributed by atoms with E-state index >= 15 is 0 Å². The van der Waals surface area contributed by atoms with Crippen LogP contribution in [0.15, 0.2) is 66.1 Å². The summed E-state index contributed by atoms with van der Waals surface area (Å²) in [7, 11) is 1.89. The van der Waals surface area contributed by atoms with Gasteiger partial charge >= 0.3 is 0 Å². The Morgan fingerprint density at radius 3 is 2.64 bits per heavy atom. The molecule has 2 aliphatic rings. The Morgan fingerprint density at radius 2 is 1.85 bits per heavy atom. The van der Waals surface area contributed by atoms with Gasteiger partial charge in [0.25, 0.3) is 0 Å². The highest BCUT2D eigenvalue weighted by Gasteiger charge is 2.56. The Labute approximate surface area is 231 Å². The fourth-order valence-electron chi connectivity index (χ4n) is 5.19. The fourth-order valence-corrected chi connectivity index (χ4v) is 5.34. The fraction of sp³-hybridized carbons (Fsp3) is 0.393. The lowest BCUT2D eigenvalue weighted by Crippen LogP contribution is -2.32. The molecular formula is C28H30FN5O4S. The molecule has 0 aliphatic carbocycles. The lowest BCUT2D eigenvalue weighted by Gasteiger charge is -2.25. The first-order valence-corrected chi connectivity index (χ1v) is 13.2. The van der Waals surface area contributed by atoms with E-state index in [1.54, 1.807) is 12.4 Å². The summed E-state index contributed by atoms with van der Waals surface area (Å²) in [5.41, 5.74) is 3.10. The maximum absolute atomic E-state index is 13.7. The number of nitrogens with zero attached hydrogens (tertiary/aromatic N) is 5. The highest BCUT2D eigenvalue weighted by atomic mass is 32.1. The molecular weight excluding hydrogens is 521 g/mol. The molecule has 0 N–H and O–H groups in total. The van der Waals surface area contributed by atoms with Crippen LogP contribution in [0.5, 0.6) is 0 Å². The minimum atomic E-state index is -0.764. The minimum Gasteiger partial charge on any atom is -0.374 e. The first-order chi connectivity index (χ1) is 18.8. The van der Waals surface area contributed by atoms with Crippen LogP contribution in [0.1, 0.15) is 31.2 Å². The molecule has 4 aromatic rings. The third kappa shape index (κ3) is 5.37. The second-order valence-corrected chi connectivity index (χ2v) is 10.8. The number of anilines is 1. The SMILES string of the molecule is CN(Cc1cccc(F)c1)c1ncnc2c1ncn2[C@@H]1O[C@H](COCc2ccc(S)cc2)[C@H]2OC(C)(C)O[C@H]21. The van der Waals surface area contributed by atoms with E-state index in [0.717, 1.165) is 16.0 Å². The van der Waals surface area contributed by atoms with Crippen LogP contribution < -0.4 is 4.90 Å².